The number of aromatic nitrogens is 2. The van der Waals surface area contributed by atoms with Gasteiger partial charge in [0.05, 0.1) is 17.8 Å². The highest BCUT2D eigenvalue weighted by atomic mass is 19.1. The van der Waals surface area contributed by atoms with Crippen LogP contribution in [-0.4, -0.2) is 44.8 Å². The summed E-state index contributed by atoms with van der Waals surface area (Å²) in [5.41, 5.74) is 2.34. The number of likely N-dealkylation sites (tertiary alicyclic amines) is 1. The van der Waals surface area contributed by atoms with Gasteiger partial charge in [-0.3, -0.25) is 9.48 Å². The summed E-state index contributed by atoms with van der Waals surface area (Å²) in [5, 5.41) is 4.53. The van der Waals surface area contributed by atoms with Crippen LogP contribution in [0.25, 0.3) is 0 Å². The van der Waals surface area contributed by atoms with Crippen molar-refractivity contribution >= 4 is 11.6 Å². The zero-order valence-electron chi connectivity index (χ0n) is 18.0. The van der Waals surface area contributed by atoms with Crippen molar-refractivity contribution in [3.8, 4) is 0 Å². The fraction of sp³-hybridized carbons (Fsp3) is 0.565. The molecule has 6 heteroatoms. The molecule has 4 rings (SSSR count). The van der Waals surface area contributed by atoms with Crippen LogP contribution in [0.1, 0.15) is 69.1 Å². The Balaban J connectivity index is 1.66. The Labute approximate surface area is 172 Å². The minimum Gasteiger partial charge on any atom is -0.361 e. The van der Waals surface area contributed by atoms with Crippen molar-refractivity contribution in [1.29, 1.82) is 0 Å². The lowest BCUT2D eigenvalue weighted by atomic mass is 9.93. The van der Waals surface area contributed by atoms with Crippen molar-refractivity contribution in [3.05, 3.63) is 47.5 Å². The lowest BCUT2D eigenvalue weighted by Gasteiger charge is -2.42. The number of carbonyl (C=O) groups excluding carboxylic acids is 1. The van der Waals surface area contributed by atoms with Gasteiger partial charge < -0.3 is 9.80 Å². The minimum absolute atomic E-state index is 0.0542. The maximum absolute atomic E-state index is 13.9. The van der Waals surface area contributed by atoms with Gasteiger partial charge in [0.25, 0.3) is 5.91 Å². The SMILES string of the molecule is CC(C)c1cc(C(=O)N2CCC[C@H]3[C@@H]2CC(C)(C)N3c2cccc(F)c2)n(C)n1. The number of piperidine rings is 1. The van der Waals surface area contributed by atoms with E-state index < -0.39 is 0 Å². The summed E-state index contributed by atoms with van der Waals surface area (Å²) in [4.78, 5) is 17.9. The Morgan fingerprint density at radius 2 is 2.00 bits per heavy atom. The highest BCUT2D eigenvalue weighted by Gasteiger charge is 2.51. The van der Waals surface area contributed by atoms with Gasteiger partial charge in [0.1, 0.15) is 11.5 Å². The number of halogens is 1. The van der Waals surface area contributed by atoms with E-state index in [1.165, 1.54) is 6.07 Å². The number of amides is 1. The Bertz CT molecular complexity index is 919. The third-order valence-electron chi connectivity index (χ3n) is 6.49. The van der Waals surface area contributed by atoms with E-state index >= 15 is 0 Å². The van der Waals surface area contributed by atoms with Gasteiger partial charge in [0.2, 0.25) is 0 Å². The Hall–Kier alpha value is -2.37. The first-order chi connectivity index (χ1) is 13.7. The normalized spacial score (nSPS) is 23.6. The second-order valence-electron chi connectivity index (χ2n) is 9.37. The molecular formula is C23H31FN4O. The molecule has 0 unspecified atom stereocenters. The van der Waals surface area contributed by atoms with Gasteiger partial charge in [-0.1, -0.05) is 19.9 Å². The Morgan fingerprint density at radius 3 is 2.66 bits per heavy atom. The number of fused-ring (bicyclic) bond motifs is 1. The largest absolute Gasteiger partial charge is 0.361 e. The third-order valence-corrected chi connectivity index (χ3v) is 6.49. The van der Waals surface area contributed by atoms with Crippen molar-refractivity contribution in [1.82, 2.24) is 14.7 Å². The quantitative estimate of drug-likeness (QED) is 0.772. The van der Waals surface area contributed by atoms with Crippen LogP contribution < -0.4 is 4.90 Å². The minimum atomic E-state index is -0.221. The van der Waals surface area contributed by atoms with E-state index in [0.29, 0.717) is 5.69 Å². The molecule has 2 aliphatic rings. The molecule has 1 amide bonds. The second-order valence-corrected chi connectivity index (χ2v) is 9.37. The lowest BCUT2D eigenvalue weighted by molar-refractivity contribution is 0.0594. The van der Waals surface area contributed by atoms with Crippen LogP contribution in [0, 0.1) is 5.82 Å². The molecule has 1 aromatic heterocycles. The average Bonchev–Trinajstić information content (AvgIpc) is 3.16. The molecule has 2 atom stereocenters. The summed E-state index contributed by atoms with van der Waals surface area (Å²) in [6.45, 7) is 9.32. The summed E-state index contributed by atoms with van der Waals surface area (Å²) in [7, 11) is 1.85. The Morgan fingerprint density at radius 1 is 1.24 bits per heavy atom. The number of carbonyl (C=O) groups is 1. The summed E-state index contributed by atoms with van der Waals surface area (Å²) >= 11 is 0. The van der Waals surface area contributed by atoms with Gasteiger partial charge >= 0.3 is 0 Å². The summed E-state index contributed by atoms with van der Waals surface area (Å²) in [6, 6.07) is 9.08. The number of hydrogen-bond acceptors (Lipinski definition) is 3. The summed E-state index contributed by atoms with van der Waals surface area (Å²) in [6.07, 6.45) is 2.83. The van der Waals surface area contributed by atoms with E-state index in [-0.39, 0.29) is 35.3 Å². The first-order valence-corrected chi connectivity index (χ1v) is 10.6. The number of benzene rings is 1. The molecule has 5 nitrogen and oxygen atoms in total. The molecule has 1 aromatic carbocycles. The fourth-order valence-corrected chi connectivity index (χ4v) is 5.18. The molecule has 0 saturated carbocycles. The zero-order chi connectivity index (χ0) is 20.9. The summed E-state index contributed by atoms with van der Waals surface area (Å²) < 4.78 is 15.6. The van der Waals surface area contributed by atoms with Gasteiger partial charge in [0, 0.05) is 24.8 Å². The van der Waals surface area contributed by atoms with Gasteiger partial charge in [-0.2, -0.15) is 5.10 Å². The predicted octanol–water partition coefficient (Wildman–Crippen LogP) is 4.34. The topological polar surface area (TPSA) is 41.4 Å². The number of rotatable bonds is 3. The number of nitrogens with zero attached hydrogens (tertiary/aromatic N) is 4. The molecular weight excluding hydrogens is 367 g/mol. The number of hydrogen-bond donors (Lipinski definition) is 0. The lowest BCUT2D eigenvalue weighted by Crippen LogP contribution is -2.53. The fourth-order valence-electron chi connectivity index (χ4n) is 5.18. The van der Waals surface area contributed by atoms with Gasteiger partial charge in [0.15, 0.2) is 0 Å². The smallest absolute Gasteiger partial charge is 0.272 e. The van der Waals surface area contributed by atoms with Crippen LogP contribution in [0.5, 0.6) is 0 Å². The van der Waals surface area contributed by atoms with Gasteiger partial charge in [-0.25, -0.2) is 4.39 Å². The van der Waals surface area contributed by atoms with Crippen molar-refractivity contribution in [2.24, 2.45) is 7.05 Å². The van der Waals surface area contributed by atoms with Crippen molar-refractivity contribution in [3.63, 3.8) is 0 Å². The van der Waals surface area contributed by atoms with E-state index in [1.54, 1.807) is 16.8 Å². The maximum Gasteiger partial charge on any atom is 0.272 e. The Kier molecular flexibility index (Phi) is 4.91. The molecule has 0 radical (unpaired) electrons. The first kappa shape index (κ1) is 19.9. The molecule has 29 heavy (non-hydrogen) atoms. The molecule has 0 bridgehead atoms. The van der Waals surface area contributed by atoms with E-state index in [1.807, 2.05) is 24.1 Å². The molecule has 0 spiro atoms. The second kappa shape index (κ2) is 7.15. The van der Waals surface area contributed by atoms with Gasteiger partial charge in [-0.15, -0.1) is 0 Å². The van der Waals surface area contributed by atoms with Crippen LogP contribution in [0.3, 0.4) is 0 Å². The molecule has 0 aliphatic carbocycles. The molecule has 156 valence electrons. The monoisotopic (exact) mass is 398 g/mol. The zero-order valence-corrected chi connectivity index (χ0v) is 18.0. The van der Waals surface area contributed by atoms with Crippen LogP contribution >= 0.6 is 0 Å². The van der Waals surface area contributed by atoms with Crippen molar-refractivity contribution < 1.29 is 9.18 Å². The summed E-state index contributed by atoms with van der Waals surface area (Å²) in [5.74, 6) is 0.117. The van der Waals surface area contributed by atoms with Gasteiger partial charge in [-0.05, 0) is 63.3 Å². The molecule has 0 N–H and O–H groups in total. The van der Waals surface area contributed by atoms with E-state index in [0.717, 1.165) is 37.2 Å². The number of aryl methyl sites for hydroxylation is 1. The molecule has 3 heterocycles. The predicted molar refractivity (Wildman–Crippen MR) is 113 cm³/mol. The van der Waals surface area contributed by atoms with Crippen molar-refractivity contribution in [2.45, 2.75) is 70.5 Å². The maximum atomic E-state index is 13.9. The van der Waals surface area contributed by atoms with Crippen LogP contribution in [0.2, 0.25) is 0 Å². The van der Waals surface area contributed by atoms with Crippen molar-refractivity contribution in [2.75, 3.05) is 11.4 Å². The molecule has 2 fully saturated rings. The number of anilines is 1. The van der Waals surface area contributed by atoms with E-state index in [2.05, 4.69) is 37.7 Å². The molecule has 2 aromatic rings. The standard InChI is InChI=1S/C23H31FN4O/c1-15(2)18-13-20(26(5)25-18)22(29)27-11-7-10-19-21(27)14-23(3,4)28(19)17-9-6-8-16(24)12-17/h6,8-9,12-13,15,19,21H,7,10-11,14H2,1-5H3/t19-,21-/m0/s1. The molecule has 2 aliphatic heterocycles. The first-order valence-electron chi connectivity index (χ1n) is 10.6. The van der Waals surface area contributed by atoms with Crippen LogP contribution in [0.15, 0.2) is 30.3 Å². The van der Waals surface area contributed by atoms with Crippen LogP contribution in [0.4, 0.5) is 10.1 Å². The van der Waals surface area contributed by atoms with E-state index in [9.17, 15) is 9.18 Å². The molecule has 2 saturated heterocycles. The van der Waals surface area contributed by atoms with Crippen LogP contribution in [-0.2, 0) is 7.05 Å². The van der Waals surface area contributed by atoms with E-state index in [4.69, 9.17) is 0 Å². The average molecular weight is 399 g/mol. The third kappa shape index (κ3) is 3.43. The highest BCUT2D eigenvalue weighted by Crippen LogP contribution is 2.44. The highest BCUT2D eigenvalue weighted by molar-refractivity contribution is 5.93.